The minimum absolute atomic E-state index is 0.145. The number of carbonyl (C=O) groups excluding carboxylic acids is 1. The number of fused-ring (bicyclic) bond motifs is 3. The number of rotatable bonds is 8. The number of nitrogens with one attached hydrogen (secondary N) is 2. The lowest BCUT2D eigenvalue weighted by molar-refractivity contribution is 0.245. The molecule has 4 aromatic rings. The van der Waals surface area contributed by atoms with Crippen LogP contribution in [0.15, 0.2) is 53.4 Å². The molecule has 11 heteroatoms. The summed E-state index contributed by atoms with van der Waals surface area (Å²) in [5.74, 6) is 0.585. The summed E-state index contributed by atoms with van der Waals surface area (Å²) < 4.78 is 41.7. The fraction of sp³-hybridized carbons (Fsp3) is 0.261. The third-order valence-electron chi connectivity index (χ3n) is 5.42. The quantitative estimate of drug-likeness (QED) is 0.351. The summed E-state index contributed by atoms with van der Waals surface area (Å²) in [6.45, 7) is 2.59. The Labute approximate surface area is 196 Å². The van der Waals surface area contributed by atoms with Crippen molar-refractivity contribution >= 4 is 43.8 Å². The van der Waals surface area contributed by atoms with Gasteiger partial charge in [-0.1, -0.05) is 31.5 Å². The fourth-order valence-corrected chi connectivity index (χ4v) is 4.71. The number of urea groups is 1. The van der Waals surface area contributed by atoms with Crippen molar-refractivity contribution in [3.63, 3.8) is 0 Å². The number of nitrogens with two attached hydrogens (primary N) is 1. The zero-order chi connectivity index (χ0) is 24.3. The van der Waals surface area contributed by atoms with Crippen LogP contribution < -0.4 is 15.8 Å². The van der Waals surface area contributed by atoms with Crippen molar-refractivity contribution < 1.29 is 17.6 Å². The van der Waals surface area contributed by atoms with Gasteiger partial charge in [-0.05, 0) is 36.8 Å². The van der Waals surface area contributed by atoms with Gasteiger partial charge in [-0.3, -0.25) is 0 Å². The molecule has 2 amide bonds. The van der Waals surface area contributed by atoms with E-state index in [1.54, 1.807) is 0 Å². The second-order valence-corrected chi connectivity index (χ2v) is 9.49. The van der Waals surface area contributed by atoms with Crippen molar-refractivity contribution in [2.75, 3.05) is 12.3 Å². The molecule has 0 aliphatic rings. The number of nitrogens with zero attached hydrogens (tertiary/aromatic N) is 3. The third kappa shape index (κ3) is 4.79. The molecule has 0 fully saturated rings. The molecule has 0 spiro atoms. The summed E-state index contributed by atoms with van der Waals surface area (Å²) in [4.78, 5) is 21.3. The lowest BCUT2D eigenvalue weighted by Crippen LogP contribution is -2.40. The van der Waals surface area contributed by atoms with Gasteiger partial charge in [0.15, 0.2) is 5.82 Å². The van der Waals surface area contributed by atoms with Crippen molar-refractivity contribution in [3.8, 4) is 0 Å². The standard InChI is InChI=1S/C23H25FN6O3S/c1-2-3-8-19-28-20-21(17-6-4-5-7-18(17)27-22(20)25)30(19)14-13-26-23(31)29-34(32,33)16-11-9-15(24)10-12-16/h4-7,9-12H,2-3,8,13-14H2,1H3,(H2,25,27)(H2,26,29,31). The highest BCUT2D eigenvalue weighted by atomic mass is 32.2. The van der Waals surface area contributed by atoms with Crippen LogP contribution in [-0.2, 0) is 23.0 Å². The zero-order valence-corrected chi connectivity index (χ0v) is 19.4. The number of amides is 2. The molecule has 4 N–H and O–H groups in total. The van der Waals surface area contributed by atoms with Crippen LogP contribution in [0.5, 0.6) is 0 Å². The molecule has 0 bridgehead atoms. The smallest absolute Gasteiger partial charge is 0.328 e. The Bertz CT molecular complexity index is 1450. The van der Waals surface area contributed by atoms with Crippen LogP contribution >= 0.6 is 0 Å². The molecule has 0 unspecified atom stereocenters. The molecule has 0 aliphatic heterocycles. The van der Waals surface area contributed by atoms with Gasteiger partial charge in [0.05, 0.1) is 15.9 Å². The maximum atomic E-state index is 13.1. The van der Waals surface area contributed by atoms with Gasteiger partial charge in [-0.25, -0.2) is 32.3 Å². The molecule has 34 heavy (non-hydrogen) atoms. The molecule has 2 aromatic carbocycles. The van der Waals surface area contributed by atoms with Crippen LogP contribution in [0.25, 0.3) is 21.9 Å². The van der Waals surface area contributed by atoms with Crippen LogP contribution in [0, 0.1) is 5.82 Å². The fourth-order valence-electron chi connectivity index (χ4n) is 3.78. The van der Waals surface area contributed by atoms with E-state index in [2.05, 4.69) is 17.2 Å². The number of aromatic nitrogens is 3. The van der Waals surface area contributed by atoms with Crippen LogP contribution in [-0.4, -0.2) is 35.5 Å². The Hall–Kier alpha value is -3.73. The molecule has 0 atom stereocenters. The van der Waals surface area contributed by atoms with Crippen molar-refractivity contribution in [2.45, 2.75) is 37.6 Å². The molecule has 4 rings (SSSR count). The molecule has 0 saturated carbocycles. The van der Waals surface area contributed by atoms with E-state index in [1.165, 1.54) is 0 Å². The Balaban J connectivity index is 1.55. The monoisotopic (exact) mass is 484 g/mol. The predicted octanol–water partition coefficient (Wildman–Crippen LogP) is 3.34. The topological polar surface area (TPSA) is 132 Å². The van der Waals surface area contributed by atoms with E-state index < -0.39 is 21.9 Å². The first-order valence-corrected chi connectivity index (χ1v) is 12.4. The minimum Gasteiger partial charge on any atom is -0.382 e. The van der Waals surface area contributed by atoms with E-state index in [1.807, 2.05) is 33.6 Å². The zero-order valence-electron chi connectivity index (χ0n) is 18.6. The maximum absolute atomic E-state index is 13.1. The highest BCUT2D eigenvalue weighted by Gasteiger charge is 2.19. The van der Waals surface area contributed by atoms with Crippen LogP contribution in [0.1, 0.15) is 25.6 Å². The van der Waals surface area contributed by atoms with Gasteiger partial charge >= 0.3 is 6.03 Å². The number of nitrogen functional groups attached to an aromatic ring is 1. The average molecular weight is 485 g/mol. The maximum Gasteiger partial charge on any atom is 0.328 e. The number of carbonyl (C=O) groups is 1. The van der Waals surface area contributed by atoms with Crippen LogP contribution in [0.4, 0.5) is 15.0 Å². The number of pyridine rings is 1. The van der Waals surface area contributed by atoms with Crippen LogP contribution in [0.3, 0.4) is 0 Å². The van der Waals surface area contributed by atoms with Gasteiger partial charge in [-0.2, -0.15) is 0 Å². The summed E-state index contributed by atoms with van der Waals surface area (Å²) in [7, 11) is -4.12. The van der Waals surface area contributed by atoms with E-state index in [9.17, 15) is 17.6 Å². The number of anilines is 1. The summed E-state index contributed by atoms with van der Waals surface area (Å²) >= 11 is 0. The van der Waals surface area contributed by atoms with Gasteiger partial charge in [0.1, 0.15) is 17.2 Å². The molecule has 0 aliphatic carbocycles. The SMILES string of the molecule is CCCCc1nc2c(N)nc3ccccc3c2n1CCNC(=O)NS(=O)(=O)c1ccc(F)cc1. The Morgan fingerprint density at radius 3 is 2.59 bits per heavy atom. The third-order valence-corrected chi connectivity index (χ3v) is 6.76. The number of aryl methyl sites for hydroxylation is 1. The van der Waals surface area contributed by atoms with Crippen molar-refractivity contribution in [1.82, 2.24) is 24.6 Å². The number of imidazole rings is 1. The molecule has 9 nitrogen and oxygen atoms in total. The van der Waals surface area contributed by atoms with Gasteiger partial charge in [0, 0.05) is 24.9 Å². The van der Waals surface area contributed by atoms with Gasteiger partial charge in [0.2, 0.25) is 0 Å². The number of hydrogen-bond acceptors (Lipinski definition) is 6. The van der Waals surface area contributed by atoms with E-state index in [0.717, 1.165) is 65.8 Å². The number of para-hydroxylation sites is 1. The lowest BCUT2D eigenvalue weighted by Gasteiger charge is -2.12. The summed E-state index contributed by atoms with van der Waals surface area (Å²) in [5, 5.41) is 3.46. The highest BCUT2D eigenvalue weighted by Crippen LogP contribution is 2.29. The first-order valence-electron chi connectivity index (χ1n) is 10.9. The van der Waals surface area contributed by atoms with Crippen molar-refractivity contribution in [2.24, 2.45) is 0 Å². The Morgan fingerprint density at radius 2 is 1.85 bits per heavy atom. The molecule has 2 heterocycles. The lowest BCUT2D eigenvalue weighted by atomic mass is 10.2. The first kappa shape index (κ1) is 23.4. The molecule has 2 aromatic heterocycles. The second-order valence-electron chi connectivity index (χ2n) is 7.81. The first-order chi connectivity index (χ1) is 16.3. The molecule has 0 radical (unpaired) electrons. The van der Waals surface area contributed by atoms with Crippen LogP contribution in [0.2, 0.25) is 0 Å². The molecule has 0 saturated heterocycles. The number of hydrogen-bond donors (Lipinski definition) is 3. The van der Waals surface area contributed by atoms with Crippen molar-refractivity contribution in [1.29, 1.82) is 0 Å². The molecular formula is C23H25FN6O3S. The second kappa shape index (κ2) is 9.64. The van der Waals surface area contributed by atoms with Gasteiger partial charge < -0.3 is 15.6 Å². The van der Waals surface area contributed by atoms with Gasteiger partial charge in [0.25, 0.3) is 10.0 Å². The van der Waals surface area contributed by atoms with E-state index in [0.29, 0.717) is 17.9 Å². The normalized spacial score (nSPS) is 11.7. The van der Waals surface area contributed by atoms with E-state index in [-0.39, 0.29) is 11.4 Å². The Kier molecular flexibility index (Phi) is 6.64. The molecular weight excluding hydrogens is 459 g/mol. The number of sulfonamides is 1. The number of benzene rings is 2. The highest BCUT2D eigenvalue weighted by molar-refractivity contribution is 7.90. The number of halogens is 1. The molecule has 178 valence electrons. The summed E-state index contributed by atoms with van der Waals surface area (Å²) in [5.41, 5.74) is 8.36. The average Bonchev–Trinajstić information content (AvgIpc) is 3.17. The van der Waals surface area contributed by atoms with E-state index in [4.69, 9.17) is 10.7 Å². The largest absolute Gasteiger partial charge is 0.382 e. The summed E-state index contributed by atoms with van der Waals surface area (Å²) in [6.07, 6.45) is 2.64. The van der Waals surface area contributed by atoms with Gasteiger partial charge in [-0.15, -0.1) is 0 Å². The Morgan fingerprint density at radius 1 is 1.12 bits per heavy atom. The summed E-state index contributed by atoms with van der Waals surface area (Å²) in [6, 6.07) is 10.9. The van der Waals surface area contributed by atoms with E-state index >= 15 is 0 Å². The predicted molar refractivity (Wildman–Crippen MR) is 128 cm³/mol. The number of unbranched alkanes of at least 4 members (excludes halogenated alkanes) is 1. The van der Waals surface area contributed by atoms with Crippen molar-refractivity contribution in [3.05, 3.63) is 60.2 Å². The minimum atomic E-state index is -4.12.